The molecule has 4 heterocycles. The molecule has 158 valence electrons. The molecule has 11 heteroatoms. The zero-order valence-electron chi connectivity index (χ0n) is 16.7. The maximum absolute atomic E-state index is 14.7. The van der Waals surface area contributed by atoms with Gasteiger partial charge in [-0.3, -0.25) is 9.89 Å². The number of anilines is 1. The molecule has 2 N–H and O–H groups in total. The Bertz CT molecular complexity index is 1430. The molecule has 0 bridgehead atoms. The van der Waals surface area contributed by atoms with Crippen LogP contribution in [-0.4, -0.2) is 47.8 Å². The van der Waals surface area contributed by atoms with Gasteiger partial charge in [0.05, 0.1) is 30.8 Å². The molecule has 0 spiro atoms. The maximum Gasteiger partial charge on any atom is 0.274 e. The van der Waals surface area contributed by atoms with Gasteiger partial charge in [-0.1, -0.05) is 30.3 Å². The Morgan fingerprint density at radius 3 is 2.81 bits per heavy atom. The van der Waals surface area contributed by atoms with E-state index in [9.17, 15) is 9.18 Å². The third-order valence-corrected chi connectivity index (χ3v) is 4.68. The van der Waals surface area contributed by atoms with Crippen LogP contribution in [0.25, 0.3) is 28.3 Å². The molecule has 5 aromatic rings. The highest BCUT2D eigenvalue weighted by atomic mass is 19.1. The lowest BCUT2D eigenvalue weighted by Crippen LogP contribution is -2.15. The molecule has 1 aromatic carbocycles. The minimum absolute atomic E-state index is 0.0545. The number of hydrogen-bond acceptors (Lipinski definition) is 7. The number of ether oxygens (including phenoxy) is 1. The second-order valence-electron chi connectivity index (χ2n) is 6.67. The smallest absolute Gasteiger partial charge is 0.274 e. The van der Waals surface area contributed by atoms with E-state index >= 15 is 0 Å². The van der Waals surface area contributed by atoms with Crippen LogP contribution in [0.2, 0.25) is 0 Å². The van der Waals surface area contributed by atoms with Gasteiger partial charge in [0.15, 0.2) is 17.3 Å². The number of carbonyl (C=O) groups excluding carboxylic acids is 1. The second-order valence-corrected chi connectivity index (χ2v) is 6.67. The molecule has 10 nitrogen and oxygen atoms in total. The number of nitrogens with zero attached hydrogens (tertiary/aromatic N) is 6. The summed E-state index contributed by atoms with van der Waals surface area (Å²) in [6.07, 6.45) is 5.51. The Labute approximate surface area is 180 Å². The van der Waals surface area contributed by atoms with Crippen LogP contribution in [0.3, 0.4) is 0 Å². The number of H-pyrrole nitrogens is 1. The number of carbonyl (C=O) groups is 1. The summed E-state index contributed by atoms with van der Waals surface area (Å²) >= 11 is 0. The molecule has 0 unspecified atom stereocenters. The van der Waals surface area contributed by atoms with Crippen molar-refractivity contribution in [1.29, 1.82) is 0 Å². The number of nitrogens with one attached hydrogen (secondary N) is 2. The molecule has 0 saturated carbocycles. The first-order chi connectivity index (χ1) is 15.6. The molecule has 32 heavy (non-hydrogen) atoms. The fourth-order valence-corrected chi connectivity index (χ4v) is 3.19. The Morgan fingerprint density at radius 1 is 1.19 bits per heavy atom. The molecule has 0 aliphatic carbocycles. The zero-order chi connectivity index (χ0) is 22.1. The van der Waals surface area contributed by atoms with Crippen LogP contribution in [0.4, 0.5) is 10.1 Å². The van der Waals surface area contributed by atoms with E-state index in [0.717, 1.165) is 11.8 Å². The van der Waals surface area contributed by atoms with E-state index in [1.807, 2.05) is 30.3 Å². The van der Waals surface area contributed by atoms with Gasteiger partial charge < -0.3 is 10.1 Å². The number of methoxy groups -OCH3 is 1. The highest BCUT2D eigenvalue weighted by Crippen LogP contribution is 2.28. The monoisotopic (exact) mass is 430 g/mol. The van der Waals surface area contributed by atoms with Crippen LogP contribution in [0, 0.1) is 5.82 Å². The summed E-state index contributed by atoms with van der Waals surface area (Å²) < 4.78 is 21.2. The lowest BCUT2D eigenvalue weighted by molar-refractivity contribution is 0.102. The van der Waals surface area contributed by atoms with Gasteiger partial charge in [-0.2, -0.15) is 5.10 Å². The van der Waals surface area contributed by atoms with Crippen molar-refractivity contribution in [3.8, 4) is 28.5 Å². The van der Waals surface area contributed by atoms with Crippen molar-refractivity contribution in [2.45, 2.75) is 0 Å². The molecule has 4 aromatic heterocycles. The molecule has 0 aliphatic rings. The van der Waals surface area contributed by atoms with Gasteiger partial charge in [0.25, 0.3) is 5.91 Å². The average molecular weight is 430 g/mol. The predicted molar refractivity (Wildman–Crippen MR) is 112 cm³/mol. The molecular formula is C21H15FN8O2. The number of aromatic amines is 1. The van der Waals surface area contributed by atoms with E-state index in [-0.39, 0.29) is 17.3 Å². The van der Waals surface area contributed by atoms with Crippen molar-refractivity contribution < 1.29 is 13.9 Å². The number of rotatable bonds is 5. The lowest BCUT2D eigenvalue weighted by Gasteiger charge is -2.08. The number of pyridine rings is 1. The highest BCUT2D eigenvalue weighted by Gasteiger charge is 2.21. The van der Waals surface area contributed by atoms with Crippen LogP contribution in [0.5, 0.6) is 5.88 Å². The van der Waals surface area contributed by atoms with Crippen LogP contribution in [0.1, 0.15) is 10.5 Å². The molecule has 0 saturated heterocycles. The predicted octanol–water partition coefficient (Wildman–Crippen LogP) is 2.98. The van der Waals surface area contributed by atoms with Gasteiger partial charge in [0.2, 0.25) is 5.88 Å². The Morgan fingerprint density at radius 2 is 2.00 bits per heavy atom. The van der Waals surface area contributed by atoms with Gasteiger partial charge >= 0.3 is 0 Å². The van der Waals surface area contributed by atoms with Crippen molar-refractivity contribution in [3.63, 3.8) is 0 Å². The number of hydrogen-bond donors (Lipinski definition) is 2. The van der Waals surface area contributed by atoms with Crippen molar-refractivity contribution in [2.24, 2.45) is 0 Å². The fourth-order valence-electron chi connectivity index (χ4n) is 3.19. The first-order valence-electron chi connectivity index (χ1n) is 9.45. The summed E-state index contributed by atoms with van der Waals surface area (Å²) in [5.41, 5.74) is 1.89. The highest BCUT2D eigenvalue weighted by molar-refractivity contribution is 6.07. The average Bonchev–Trinajstić information content (AvgIpc) is 3.47. The quantitative estimate of drug-likeness (QED) is 0.439. The van der Waals surface area contributed by atoms with Crippen molar-refractivity contribution >= 4 is 17.2 Å². The summed E-state index contributed by atoms with van der Waals surface area (Å²) in [6.45, 7) is 0. The standard InChI is InChI=1S/C21H15FN8O2/c1-32-21-18(23-7-8-24-21)13-10-25-28-17(13)20(31)26-15-9-16-27-19(12-5-3-2-4-6-12)29-30(16)11-14(15)22/h2-11H,1H3,(H,25,28)(H,26,31). The van der Waals surface area contributed by atoms with Gasteiger partial charge in [-0.25, -0.2) is 23.9 Å². The van der Waals surface area contributed by atoms with Crippen LogP contribution in [0.15, 0.2) is 61.2 Å². The normalized spacial score (nSPS) is 10.9. The van der Waals surface area contributed by atoms with Crippen LogP contribution in [-0.2, 0) is 0 Å². The first-order valence-corrected chi connectivity index (χ1v) is 9.45. The fraction of sp³-hybridized carbons (Fsp3) is 0.0476. The third-order valence-electron chi connectivity index (χ3n) is 4.68. The summed E-state index contributed by atoms with van der Waals surface area (Å²) in [5.74, 6) is -0.615. The minimum Gasteiger partial charge on any atom is -0.479 e. The van der Waals surface area contributed by atoms with Gasteiger partial charge in [-0.05, 0) is 0 Å². The number of aromatic nitrogens is 7. The molecule has 0 aliphatic heterocycles. The van der Waals surface area contributed by atoms with Crippen molar-refractivity contribution in [1.82, 2.24) is 34.8 Å². The molecule has 1 amide bonds. The Hall–Kier alpha value is -4.67. The Balaban J connectivity index is 1.47. The Kier molecular flexibility index (Phi) is 4.75. The molecule has 0 radical (unpaired) electrons. The van der Waals surface area contributed by atoms with Gasteiger partial charge in [0.1, 0.15) is 11.4 Å². The lowest BCUT2D eigenvalue weighted by atomic mass is 10.1. The van der Waals surface area contributed by atoms with Crippen LogP contribution >= 0.6 is 0 Å². The van der Waals surface area contributed by atoms with E-state index in [1.54, 1.807) is 0 Å². The molecular weight excluding hydrogens is 415 g/mol. The van der Waals surface area contributed by atoms with Crippen molar-refractivity contribution in [2.75, 3.05) is 12.4 Å². The first kappa shape index (κ1) is 19.3. The second kappa shape index (κ2) is 7.87. The number of amides is 1. The zero-order valence-corrected chi connectivity index (χ0v) is 16.7. The summed E-state index contributed by atoms with van der Waals surface area (Å²) in [6, 6.07) is 10.7. The molecule has 0 atom stereocenters. The summed E-state index contributed by atoms with van der Waals surface area (Å²) in [7, 11) is 1.44. The molecule has 0 fully saturated rings. The van der Waals surface area contributed by atoms with Gasteiger partial charge in [0, 0.05) is 24.0 Å². The van der Waals surface area contributed by atoms with E-state index in [2.05, 4.69) is 35.6 Å². The number of fused-ring (bicyclic) bond motifs is 1. The summed E-state index contributed by atoms with van der Waals surface area (Å²) in [4.78, 5) is 25.6. The largest absolute Gasteiger partial charge is 0.479 e. The number of benzene rings is 1. The van der Waals surface area contributed by atoms with E-state index in [1.165, 1.54) is 36.3 Å². The van der Waals surface area contributed by atoms with Crippen molar-refractivity contribution in [3.05, 3.63) is 72.7 Å². The van der Waals surface area contributed by atoms with Crippen LogP contribution < -0.4 is 10.1 Å². The minimum atomic E-state index is -0.673. The van der Waals surface area contributed by atoms with E-state index in [4.69, 9.17) is 4.74 Å². The maximum atomic E-state index is 14.7. The summed E-state index contributed by atoms with van der Waals surface area (Å²) in [5, 5.41) is 13.4. The topological polar surface area (TPSA) is 123 Å². The van der Waals surface area contributed by atoms with E-state index < -0.39 is 11.7 Å². The van der Waals surface area contributed by atoms with E-state index in [0.29, 0.717) is 22.7 Å². The SMILES string of the molecule is COc1nccnc1-c1cn[nH]c1C(=O)Nc1cc2nc(-c3ccccc3)nn2cc1F. The number of halogens is 1. The van der Waals surface area contributed by atoms with Gasteiger partial charge in [-0.15, -0.1) is 5.10 Å². The molecule has 5 rings (SSSR count). The third kappa shape index (κ3) is 3.41.